The van der Waals surface area contributed by atoms with Crippen LogP contribution in [-0.4, -0.2) is 55.1 Å². The van der Waals surface area contributed by atoms with Gasteiger partial charge in [-0.05, 0) is 56.3 Å². The lowest BCUT2D eigenvalue weighted by Crippen LogP contribution is -2.26. The van der Waals surface area contributed by atoms with Crippen molar-refractivity contribution < 1.29 is 32.2 Å². The highest BCUT2D eigenvalue weighted by Crippen LogP contribution is 2.40. The number of halogens is 3. The fourth-order valence-electron chi connectivity index (χ4n) is 4.08. The lowest BCUT2D eigenvalue weighted by Gasteiger charge is -2.20. The zero-order valence-corrected chi connectivity index (χ0v) is 21.2. The molecule has 3 N–H and O–H groups in total. The molecule has 0 saturated carbocycles. The molecule has 1 aliphatic heterocycles. The fraction of sp³-hybridized carbons (Fsp3) is 0.296. The number of hydrogen-bond acceptors (Lipinski definition) is 6. The second kappa shape index (κ2) is 12.5. The third-order valence-electron chi connectivity index (χ3n) is 5.94. The van der Waals surface area contributed by atoms with Crippen LogP contribution >= 0.6 is 0 Å². The first kappa shape index (κ1) is 27.7. The Morgan fingerprint density at radius 3 is 2.49 bits per heavy atom. The molecule has 0 bridgehead atoms. The van der Waals surface area contributed by atoms with Crippen molar-refractivity contribution in [2.45, 2.75) is 19.0 Å². The third-order valence-corrected chi connectivity index (χ3v) is 5.94. The van der Waals surface area contributed by atoms with Gasteiger partial charge in [-0.2, -0.15) is 13.2 Å². The number of anilines is 2. The van der Waals surface area contributed by atoms with E-state index in [2.05, 4.69) is 25.8 Å². The van der Waals surface area contributed by atoms with Gasteiger partial charge in [0.1, 0.15) is 23.8 Å². The summed E-state index contributed by atoms with van der Waals surface area (Å²) in [7, 11) is 1.49. The van der Waals surface area contributed by atoms with E-state index >= 15 is 0 Å². The van der Waals surface area contributed by atoms with Gasteiger partial charge in [-0.3, -0.25) is 14.7 Å². The number of aromatic nitrogens is 1. The van der Waals surface area contributed by atoms with Gasteiger partial charge in [0.25, 0.3) is 5.91 Å². The van der Waals surface area contributed by atoms with Crippen LogP contribution in [-0.2, 0) is 6.18 Å². The average molecular weight is 544 g/mol. The van der Waals surface area contributed by atoms with E-state index in [1.807, 2.05) is 0 Å². The molecule has 1 aromatic heterocycles. The summed E-state index contributed by atoms with van der Waals surface area (Å²) >= 11 is 0. The van der Waals surface area contributed by atoms with Gasteiger partial charge in [0.2, 0.25) is 0 Å². The van der Waals surface area contributed by atoms with Crippen molar-refractivity contribution in [2.75, 3.05) is 43.9 Å². The SMILES string of the molecule is CNC(=O)c1cc(Oc2cccc(NC(=O)Nc3cccc(C(F)(F)F)c3OCCN3CCCC3)c2)ccn1. The number of rotatable bonds is 9. The predicted octanol–water partition coefficient (Wildman–Crippen LogP) is 5.37. The highest BCUT2D eigenvalue weighted by Gasteiger charge is 2.35. The Morgan fingerprint density at radius 1 is 1.00 bits per heavy atom. The summed E-state index contributed by atoms with van der Waals surface area (Å²) < 4.78 is 52.4. The molecule has 1 aliphatic rings. The molecule has 12 heteroatoms. The normalized spacial score (nSPS) is 13.5. The smallest absolute Gasteiger partial charge is 0.420 e. The number of para-hydroxylation sites is 1. The van der Waals surface area contributed by atoms with Crippen LogP contribution in [0.5, 0.6) is 17.2 Å². The number of urea groups is 1. The van der Waals surface area contributed by atoms with Gasteiger partial charge in [0, 0.05) is 37.6 Å². The van der Waals surface area contributed by atoms with E-state index in [0.29, 0.717) is 23.7 Å². The maximum atomic E-state index is 13.7. The van der Waals surface area contributed by atoms with Crippen LogP contribution in [0.25, 0.3) is 0 Å². The van der Waals surface area contributed by atoms with E-state index in [1.54, 1.807) is 24.3 Å². The molecule has 1 saturated heterocycles. The van der Waals surface area contributed by atoms with Crippen molar-refractivity contribution in [2.24, 2.45) is 0 Å². The molecule has 2 aromatic carbocycles. The molecular weight excluding hydrogens is 515 g/mol. The molecule has 0 spiro atoms. The van der Waals surface area contributed by atoms with Crippen LogP contribution in [0.4, 0.5) is 29.3 Å². The fourth-order valence-corrected chi connectivity index (χ4v) is 4.08. The van der Waals surface area contributed by atoms with Crippen molar-refractivity contribution in [3.63, 3.8) is 0 Å². The Kier molecular flexibility index (Phi) is 8.87. The number of pyridine rings is 1. The molecule has 1 fully saturated rings. The minimum atomic E-state index is -4.66. The van der Waals surface area contributed by atoms with Crippen molar-refractivity contribution in [3.05, 3.63) is 72.1 Å². The highest BCUT2D eigenvalue weighted by atomic mass is 19.4. The topological polar surface area (TPSA) is 105 Å². The molecular formula is C27H28F3N5O4. The quantitative estimate of drug-likeness (QED) is 0.335. The van der Waals surface area contributed by atoms with Crippen LogP contribution in [0.3, 0.4) is 0 Å². The summed E-state index contributed by atoms with van der Waals surface area (Å²) in [6.07, 6.45) is -1.13. The van der Waals surface area contributed by atoms with Crippen LogP contribution in [0.1, 0.15) is 28.9 Å². The average Bonchev–Trinajstić information content (AvgIpc) is 3.42. The Labute approximate surface area is 223 Å². The molecule has 3 amide bonds. The number of likely N-dealkylation sites (tertiary alicyclic amines) is 1. The molecule has 0 unspecified atom stereocenters. The van der Waals surface area contributed by atoms with Crippen LogP contribution < -0.4 is 25.4 Å². The van der Waals surface area contributed by atoms with Crippen molar-refractivity contribution in [1.29, 1.82) is 0 Å². The van der Waals surface area contributed by atoms with Gasteiger partial charge in [-0.15, -0.1) is 0 Å². The summed E-state index contributed by atoms with van der Waals surface area (Å²) in [5.41, 5.74) is -0.572. The lowest BCUT2D eigenvalue weighted by atomic mass is 10.1. The molecule has 2 heterocycles. The number of carbonyl (C=O) groups is 2. The monoisotopic (exact) mass is 543 g/mol. The second-order valence-corrected chi connectivity index (χ2v) is 8.74. The van der Waals surface area contributed by atoms with E-state index in [1.165, 1.54) is 37.5 Å². The maximum absolute atomic E-state index is 13.7. The number of nitrogens with one attached hydrogen (secondary N) is 3. The Hall–Kier alpha value is -4.32. The first-order chi connectivity index (χ1) is 18.7. The molecule has 0 radical (unpaired) electrons. The van der Waals surface area contributed by atoms with Crippen molar-refractivity contribution in [3.8, 4) is 17.2 Å². The Bertz CT molecular complexity index is 1310. The molecule has 9 nitrogen and oxygen atoms in total. The zero-order valence-electron chi connectivity index (χ0n) is 21.2. The van der Waals surface area contributed by atoms with E-state index < -0.39 is 23.5 Å². The van der Waals surface area contributed by atoms with Gasteiger partial charge >= 0.3 is 12.2 Å². The molecule has 206 valence electrons. The largest absolute Gasteiger partial charge is 0.489 e. The Morgan fingerprint density at radius 2 is 1.74 bits per heavy atom. The minimum Gasteiger partial charge on any atom is -0.489 e. The maximum Gasteiger partial charge on any atom is 0.420 e. The van der Waals surface area contributed by atoms with Gasteiger partial charge in [0.05, 0.1) is 11.3 Å². The van der Waals surface area contributed by atoms with Crippen LogP contribution in [0, 0.1) is 0 Å². The van der Waals surface area contributed by atoms with Gasteiger partial charge in [0.15, 0.2) is 5.75 Å². The van der Waals surface area contributed by atoms with Crippen LogP contribution in [0.2, 0.25) is 0 Å². The second-order valence-electron chi connectivity index (χ2n) is 8.74. The summed E-state index contributed by atoms with van der Waals surface area (Å²) in [6.45, 7) is 2.32. The lowest BCUT2D eigenvalue weighted by molar-refractivity contribution is -0.138. The van der Waals surface area contributed by atoms with Gasteiger partial charge < -0.3 is 25.4 Å². The first-order valence-corrected chi connectivity index (χ1v) is 12.3. The summed E-state index contributed by atoms with van der Waals surface area (Å²) in [5, 5.41) is 7.53. The van der Waals surface area contributed by atoms with Crippen LogP contribution in [0.15, 0.2) is 60.8 Å². The summed E-state index contributed by atoms with van der Waals surface area (Å²) in [6, 6.07) is 12.1. The Balaban J connectivity index is 1.44. The molecule has 0 atom stereocenters. The van der Waals surface area contributed by atoms with E-state index in [0.717, 1.165) is 32.0 Å². The van der Waals surface area contributed by atoms with E-state index in [4.69, 9.17) is 9.47 Å². The van der Waals surface area contributed by atoms with Crippen molar-refractivity contribution in [1.82, 2.24) is 15.2 Å². The summed E-state index contributed by atoms with van der Waals surface area (Å²) in [5.74, 6) is -0.0979. The standard InChI is InChI=1S/C27H28F3N5O4/c1-31-25(36)23-17-20(10-11-32-23)39-19-7-4-6-18(16-19)33-26(37)34-22-9-5-8-21(27(28,29)30)24(22)38-15-14-35-12-2-3-13-35/h4-11,16-17H,2-3,12-15H2,1H3,(H,31,36)(H2,33,34,37). The highest BCUT2D eigenvalue weighted by molar-refractivity contribution is 6.01. The number of nitrogens with zero attached hydrogens (tertiary/aromatic N) is 2. The molecule has 4 rings (SSSR count). The van der Waals surface area contributed by atoms with Crippen molar-refractivity contribution >= 4 is 23.3 Å². The van der Waals surface area contributed by atoms with Gasteiger partial charge in [-0.1, -0.05) is 12.1 Å². The molecule has 39 heavy (non-hydrogen) atoms. The summed E-state index contributed by atoms with van der Waals surface area (Å²) in [4.78, 5) is 30.6. The number of carbonyl (C=O) groups excluding carboxylic acids is 2. The molecule has 0 aliphatic carbocycles. The number of ether oxygens (including phenoxy) is 2. The predicted molar refractivity (Wildman–Crippen MR) is 139 cm³/mol. The third kappa shape index (κ3) is 7.60. The minimum absolute atomic E-state index is 0.0550. The van der Waals surface area contributed by atoms with E-state index in [-0.39, 0.29) is 23.9 Å². The van der Waals surface area contributed by atoms with Gasteiger partial charge in [-0.25, -0.2) is 4.79 Å². The number of amides is 3. The van der Waals surface area contributed by atoms with E-state index in [9.17, 15) is 22.8 Å². The first-order valence-electron chi connectivity index (χ1n) is 12.3. The number of benzene rings is 2. The number of alkyl halides is 3. The zero-order chi connectivity index (χ0) is 27.8. The number of hydrogen-bond donors (Lipinski definition) is 3. The molecule has 3 aromatic rings.